The summed E-state index contributed by atoms with van der Waals surface area (Å²) in [7, 11) is 0. The van der Waals surface area contributed by atoms with Crippen molar-refractivity contribution < 1.29 is 0 Å². The molecule has 4 heteroatoms. The van der Waals surface area contributed by atoms with Gasteiger partial charge in [0.25, 0.3) is 0 Å². The number of hydrogen-bond donors (Lipinski definition) is 1. The molecule has 0 radical (unpaired) electrons. The molecule has 0 spiro atoms. The van der Waals surface area contributed by atoms with E-state index in [0.29, 0.717) is 0 Å². The van der Waals surface area contributed by atoms with Gasteiger partial charge < -0.3 is 5.32 Å². The van der Waals surface area contributed by atoms with E-state index >= 15 is 0 Å². The number of nitrogens with zero attached hydrogens (tertiary/aromatic N) is 2. The summed E-state index contributed by atoms with van der Waals surface area (Å²) in [6.45, 7) is 6.41. The van der Waals surface area contributed by atoms with Gasteiger partial charge in [0.05, 0.1) is 11.7 Å². The minimum atomic E-state index is 0.252. The Morgan fingerprint density at radius 3 is 2.88 bits per heavy atom. The third-order valence-corrected chi connectivity index (χ3v) is 5.81. The number of hydrogen-bond acceptors (Lipinski definition) is 4. The SMILES string of the molecule is Cc1cccc(C(c2cc3ccccc3s2)N2CCCNCC2)n1. The fourth-order valence-electron chi connectivity index (χ4n) is 3.49. The second kappa shape index (κ2) is 7.01. The molecule has 3 heterocycles. The van der Waals surface area contributed by atoms with Crippen LogP contribution in [0.5, 0.6) is 0 Å². The highest BCUT2D eigenvalue weighted by molar-refractivity contribution is 7.19. The number of aryl methyl sites for hydroxylation is 1. The van der Waals surface area contributed by atoms with Crippen molar-refractivity contribution in [1.29, 1.82) is 0 Å². The van der Waals surface area contributed by atoms with E-state index in [1.165, 1.54) is 27.1 Å². The van der Waals surface area contributed by atoms with Gasteiger partial charge in [0.15, 0.2) is 0 Å². The normalized spacial score (nSPS) is 17.7. The second-order valence-electron chi connectivity index (χ2n) is 6.43. The predicted octanol–water partition coefficient (Wildman–Crippen LogP) is 3.99. The molecule has 1 saturated heterocycles. The topological polar surface area (TPSA) is 28.2 Å². The Labute approximate surface area is 147 Å². The van der Waals surface area contributed by atoms with Crippen LogP contribution < -0.4 is 5.32 Å². The maximum absolute atomic E-state index is 4.87. The van der Waals surface area contributed by atoms with Crippen LogP contribution in [0.2, 0.25) is 0 Å². The third kappa shape index (κ3) is 3.22. The van der Waals surface area contributed by atoms with E-state index in [1.807, 2.05) is 11.3 Å². The second-order valence-corrected chi connectivity index (χ2v) is 7.55. The molecule has 4 rings (SSSR count). The molecule has 1 aromatic carbocycles. The first-order valence-electron chi connectivity index (χ1n) is 8.68. The van der Waals surface area contributed by atoms with Gasteiger partial charge in [0.2, 0.25) is 0 Å². The Balaban J connectivity index is 1.79. The quantitative estimate of drug-likeness (QED) is 0.783. The van der Waals surface area contributed by atoms with Crippen molar-refractivity contribution in [2.75, 3.05) is 26.2 Å². The van der Waals surface area contributed by atoms with Gasteiger partial charge >= 0.3 is 0 Å². The standard InChI is InChI=1S/C20H23N3S/c1-15-6-4-8-17(22-15)20(23-12-5-10-21-11-13-23)19-14-16-7-2-3-9-18(16)24-19/h2-4,6-9,14,20-21H,5,10-13H2,1H3. The highest BCUT2D eigenvalue weighted by atomic mass is 32.1. The summed E-state index contributed by atoms with van der Waals surface area (Å²) in [5.41, 5.74) is 2.26. The molecule has 124 valence electrons. The van der Waals surface area contributed by atoms with Gasteiger partial charge in [-0.15, -0.1) is 11.3 Å². The van der Waals surface area contributed by atoms with Crippen molar-refractivity contribution in [3.63, 3.8) is 0 Å². The minimum absolute atomic E-state index is 0.252. The van der Waals surface area contributed by atoms with Crippen LogP contribution in [0.25, 0.3) is 10.1 Å². The highest BCUT2D eigenvalue weighted by Gasteiger charge is 2.26. The highest BCUT2D eigenvalue weighted by Crippen LogP contribution is 2.36. The van der Waals surface area contributed by atoms with Crippen molar-refractivity contribution in [3.05, 3.63) is 64.8 Å². The molecule has 1 aliphatic rings. The van der Waals surface area contributed by atoms with Crippen molar-refractivity contribution in [1.82, 2.24) is 15.2 Å². The van der Waals surface area contributed by atoms with Crippen LogP contribution in [-0.4, -0.2) is 36.1 Å². The van der Waals surface area contributed by atoms with Gasteiger partial charge in [-0.1, -0.05) is 24.3 Å². The summed E-state index contributed by atoms with van der Waals surface area (Å²) in [6.07, 6.45) is 1.19. The Morgan fingerprint density at radius 2 is 2.00 bits per heavy atom. The van der Waals surface area contributed by atoms with E-state index in [2.05, 4.69) is 65.7 Å². The van der Waals surface area contributed by atoms with Crippen LogP contribution in [0.3, 0.4) is 0 Å². The van der Waals surface area contributed by atoms with E-state index in [-0.39, 0.29) is 6.04 Å². The van der Waals surface area contributed by atoms with E-state index in [1.54, 1.807) is 0 Å². The number of aromatic nitrogens is 1. The molecule has 1 unspecified atom stereocenters. The molecule has 24 heavy (non-hydrogen) atoms. The zero-order valence-electron chi connectivity index (χ0n) is 14.0. The number of nitrogens with one attached hydrogen (secondary N) is 1. The largest absolute Gasteiger partial charge is 0.315 e. The number of fused-ring (bicyclic) bond motifs is 1. The lowest BCUT2D eigenvalue weighted by Gasteiger charge is -2.29. The van der Waals surface area contributed by atoms with Crippen LogP contribution in [0, 0.1) is 6.92 Å². The number of rotatable bonds is 3. The van der Waals surface area contributed by atoms with Gasteiger partial charge in [-0.2, -0.15) is 0 Å². The summed E-state index contributed by atoms with van der Waals surface area (Å²) >= 11 is 1.90. The maximum atomic E-state index is 4.87. The lowest BCUT2D eigenvalue weighted by atomic mass is 10.1. The predicted molar refractivity (Wildman–Crippen MR) is 102 cm³/mol. The summed E-state index contributed by atoms with van der Waals surface area (Å²) in [5.74, 6) is 0. The molecule has 1 aliphatic heterocycles. The van der Waals surface area contributed by atoms with Crippen molar-refractivity contribution in [3.8, 4) is 0 Å². The summed E-state index contributed by atoms with van der Waals surface area (Å²) < 4.78 is 1.36. The van der Waals surface area contributed by atoms with E-state index in [0.717, 1.165) is 31.9 Å². The lowest BCUT2D eigenvalue weighted by molar-refractivity contribution is 0.240. The van der Waals surface area contributed by atoms with Crippen molar-refractivity contribution in [2.45, 2.75) is 19.4 Å². The van der Waals surface area contributed by atoms with Gasteiger partial charge in [-0.05, 0) is 49.5 Å². The van der Waals surface area contributed by atoms with Crippen molar-refractivity contribution >= 4 is 21.4 Å². The molecular weight excluding hydrogens is 314 g/mol. The third-order valence-electron chi connectivity index (χ3n) is 4.64. The Morgan fingerprint density at radius 1 is 1.08 bits per heavy atom. The molecular formula is C20H23N3S. The first kappa shape index (κ1) is 15.8. The van der Waals surface area contributed by atoms with E-state index < -0.39 is 0 Å². The van der Waals surface area contributed by atoms with Crippen LogP contribution in [-0.2, 0) is 0 Å². The molecule has 0 aliphatic carbocycles. The average Bonchev–Trinajstić information content (AvgIpc) is 2.82. The number of thiophene rings is 1. The summed E-state index contributed by atoms with van der Waals surface area (Å²) in [4.78, 5) is 8.86. The van der Waals surface area contributed by atoms with Gasteiger partial charge in [-0.3, -0.25) is 9.88 Å². The molecule has 3 aromatic rings. The molecule has 1 N–H and O–H groups in total. The fourth-order valence-corrected chi connectivity index (χ4v) is 4.70. The van der Waals surface area contributed by atoms with Crippen molar-refractivity contribution in [2.24, 2.45) is 0 Å². The Hall–Kier alpha value is -1.75. The maximum Gasteiger partial charge on any atom is 0.0870 e. The van der Waals surface area contributed by atoms with Crippen LogP contribution in [0.15, 0.2) is 48.5 Å². The average molecular weight is 337 g/mol. The van der Waals surface area contributed by atoms with E-state index in [9.17, 15) is 0 Å². The van der Waals surface area contributed by atoms with Gasteiger partial charge in [0, 0.05) is 34.9 Å². The smallest absolute Gasteiger partial charge is 0.0870 e. The minimum Gasteiger partial charge on any atom is -0.315 e. The molecule has 1 fully saturated rings. The Bertz CT molecular complexity index is 785. The monoisotopic (exact) mass is 337 g/mol. The zero-order chi connectivity index (χ0) is 16.4. The van der Waals surface area contributed by atoms with Gasteiger partial charge in [0.1, 0.15) is 0 Å². The van der Waals surface area contributed by atoms with Crippen LogP contribution in [0.4, 0.5) is 0 Å². The summed E-state index contributed by atoms with van der Waals surface area (Å²) in [5, 5.41) is 4.85. The van der Waals surface area contributed by atoms with E-state index in [4.69, 9.17) is 4.98 Å². The van der Waals surface area contributed by atoms with Crippen LogP contribution in [0.1, 0.15) is 28.7 Å². The number of pyridine rings is 1. The first-order chi connectivity index (χ1) is 11.8. The molecule has 0 saturated carbocycles. The van der Waals surface area contributed by atoms with Crippen LogP contribution >= 0.6 is 11.3 Å². The zero-order valence-corrected chi connectivity index (χ0v) is 14.9. The first-order valence-corrected chi connectivity index (χ1v) is 9.50. The molecule has 0 bridgehead atoms. The lowest BCUT2D eigenvalue weighted by Crippen LogP contribution is -2.33. The molecule has 3 nitrogen and oxygen atoms in total. The molecule has 2 aromatic heterocycles. The molecule has 1 atom stereocenters. The van der Waals surface area contributed by atoms with Gasteiger partial charge in [-0.25, -0.2) is 0 Å². The fraction of sp³-hybridized carbons (Fsp3) is 0.350. The summed E-state index contributed by atoms with van der Waals surface area (Å²) in [6, 6.07) is 17.7. The molecule has 0 amide bonds. The number of benzene rings is 1. The Kier molecular flexibility index (Phi) is 4.60.